The maximum absolute atomic E-state index is 11.9. The lowest BCUT2D eigenvalue weighted by Crippen LogP contribution is -2.49. The first kappa shape index (κ1) is 23.4. The van der Waals surface area contributed by atoms with E-state index in [4.69, 9.17) is 4.74 Å². The molecule has 0 aliphatic carbocycles. The van der Waals surface area contributed by atoms with Gasteiger partial charge in [0.1, 0.15) is 0 Å². The Bertz CT molecular complexity index is 513. The summed E-state index contributed by atoms with van der Waals surface area (Å²) in [6, 6.07) is 0. The zero-order chi connectivity index (χ0) is 17.3. The summed E-state index contributed by atoms with van der Waals surface area (Å²) in [6.07, 6.45) is 1.72. The van der Waals surface area contributed by atoms with Gasteiger partial charge in [-0.25, -0.2) is 13.1 Å². The quantitative estimate of drug-likeness (QED) is 0.181. The van der Waals surface area contributed by atoms with Crippen LogP contribution in [0.15, 0.2) is 4.99 Å². The molecule has 8 nitrogen and oxygen atoms in total. The van der Waals surface area contributed by atoms with Crippen LogP contribution >= 0.6 is 24.0 Å². The number of hydrogen-bond donors (Lipinski definition) is 2. The summed E-state index contributed by atoms with van der Waals surface area (Å²) in [5.41, 5.74) is 0. The molecule has 0 radical (unpaired) electrons. The highest BCUT2D eigenvalue weighted by Crippen LogP contribution is 2.17. The minimum atomic E-state index is -3.18. The van der Waals surface area contributed by atoms with Crippen LogP contribution in [-0.4, -0.2) is 70.8 Å². The molecule has 1 heterocycles. The van der Waals surface area contributed by atoms with E-state index >= 15 is 0 Å². The SMILES string of the molecule is CCOC(=O)C1CCCN(C(=NC)NCCNS(=O)(=O)CC)C1.I. The standard InChI is InChI=1S/C14H28N4O4S.HI/c1-4-22-13(19)12-7-6-10-18(11-12)14(15-3)16-8-9-17-23(20,21)5-2;/h12,17H,4-11H2,1-3H3,(H,15,16);1H. The molecular weight excluding hydrogens is 447 g/mol. The van der Waals surface area contributed by atoms with Crippen molar-refractivity contribution in [3.05, 3.63) is 0 Å². The molecule has 1 atom stereocenters. The van der Waals surface area contributed by atoms with Crippen molar-refractivity contribution in [3.8, 4) is 0 Å². The molecule has 1 rings (SSSR count). The summed E-state index contributed by atoms with van der Waals surface area (Å²) in [6.45, 7) is 5.90. The smallest absolute Gasteiger partial charge is 0.310 e. The number of halogens is 1. The number of guanidine groups is 1. The highest BCUT2D eigenvalue weighted by Gasteiger charge is 2.28. The van der Waals surface area contributed by atoms with Gasteiger partial charge >= 0.3 is 5.97 Å². The summed E-state index contributed by atoms with van der Waals surface area (Å²) >= 11 is 0. The number of piperidine rings is 1. The molecule has 142 valence electrons. The van der Waals surface area contributed by atoms with Crippen LogP contribution in [0.3, 0.4) is 0 Å². The van der Waals surface area contributed by atoms with Crippen LogP contribution in [-0.2, 0) is 19.6 Å². The van der Waals surface area contributed by atoms with Gasteiger partial charge < -0.3 is 15.0 Å². The molecule has 0 bridgehead atoms. The Morgan fingerprint density at radius 1 is 1.33 bits per heavy atom. The van der Waals surface area contributed by atoms with E-state index in [-0.39, 0.29) is 41.6 Å². The Hall–Kier alpha value is -0.620. The molecule has 1 aliphatic heterocycles. The first-order valence-corrected chi connectivity index (χ1v) is 9.68. The maximum atomic E-state index is 11.9. The largest absolute Gasteiger partial charge is 0.466 e. The van der Waals surface area contributed by atoms with E-state index in [1.807, 2.05) is 4.90 Å². The molecular formula is C14H29IN4O4S. The highest BCUT2D eigenvalue weighted by molar-refractivity contribution is 14.0. The zero-order valence-corrected chi connectivity index (χ0v) is 17.7. The van der Waals surface area contributed by atoms with Gasteiger partial charge in [0.2, 0.25) is 10.0 Å². The van der Waals surface area contributed by atoms with Gasteiger partial charge in [-0.2, -0.15) is 0 Å². The van der Waals surface area contributed by atoms with Gasteiger partial charge in [0.25, 0.3) is 0 Å². The molecule has 0 spiro atoms. The number of carbonyl (C=O) groups excluding carboxylic acids is 1. The zero-order valence-electron chi connectivity index (χ0n) is 14.6. The van der Waals surface area contributed by atoms with Crippen LogP contribution in [0.4, 0.5) is 0 Å². The van der Waals surface area contributed by atoms with E-state index in [0.29, 0.717) is 32.2 Å². The number of sulfonamides is 1. The molecule has 24 heavy (non-hydrogen) atoms. The number of carbonyl (C=O) groups is 1. The van der Waals surface area contributed by atoms with E-state index < -0.39 is 10.0 Å². The van der Waals surface area contributed by atoms with Crippen molar-refractivity contribution in [2.45, 2.75) is 26.7 Å². The van der Waals surface area contributed by atoms with E-state index in [0.717, 1.165) is 19.4 Å². The number of nitrogens with one attached hydrogen (secondary N) is 2. The lowest BCUT2D eigenvalue weighted by atomic mass is 9.98. The molecule has 0 amide bonds. The summed E-state index contributed by atoms with van der Waals surface area (Å²) < 4.78 is 30.3. The lowest BCUT2D eigenvalue weighted by molar-refractivity contribution is -0.149. The summed E-state index contributed by atoms with van der Waals surface area (Å²) in [5, 5.41) is 3.12. The van der Waals surface area contributed by atoms with Crippen LogP contribution in [0.5, 0.6) is 0 Å². The fraction of sp³-hybridized carbons (Fsp3) is 0.857. The predicted molar refractivity (Wildman–Crippen MR) is 105 cm³/mol. The van der Waals surface area contributed by atoms with Crippen molar-refractivity contribution in [3.63, 3.8) is 0 Å². The molecule has 0 saturated carbocycles. The van der Waals surface area contributed by atoms with Crippen LogP contribution in [0, 0.1) is 5.92 Å². The van der Waals surface area contributed by atoms with Gasteiger partial charge in [0.15, 0.2) is 5.96 Å². The van der Waals surface area contributed by atoms with Crippen molar-refractivity contribution in [1.29, 1.82) is 0 Å². The van der Waals surface area contributed by atoms with Crippen molar-refractivity contribution in [2.24, 2.45) is 10.9 Å². The third-order valence-electron chi connectivity index (χ3n) is 3.66. The fourth-order valence-corrected chi connectivity index (χ4v) is 3.05. The van der Waals surface area contributed by atoms with E-state index in [9.17, 15) is 13.2 Å². The molecule has 0 aromatic rings. The van der Waals surface area contributed by atoms with Crippen LogP contribution in [0.1, 0.15) is 26.7 Å². The second-order valence-electron chi connectivity index (χ2n) is 5.31. The van der Waals surface area contributed by atoms with Gasteiger partial charge in [0.05, 0.1) is 18.3 Å². The number of ether oxygens (including phenoxy) is 1. The second-order valence-corrected chi connectivity index (χ2v) is 7.40. The fourth-order valence-electron chi connectivity index (χ4n) is 2.44. The second kappa shape index (κ2) is 11.9. The van der Waals surface area contributed by atoms with Crippen molar-refractivity contribution >= 4 is 45.9 Å². The highest BCUT2D eigenvalue weighted by atomic mass is 127. The molecule has 1 aliphatic rings. The average Bonchev–Trinajstić information content (AvgIpc) is 2.55. The molecule has 2 N–H and O–H groups in total. The average molecular weight is 476 g/mol. The number of esters is 1. The van der Waals surface area contributed by atoms with E-state index in [1.165, 1.54) is 0 Å². The number of likely N-dealkylation sites (tertiary alicyclic amines) is 1. The summed E-state index contributed by atoms with van der Waals surface area (Å²) in [5.74, 6) is 0.439. The third-order valence-corrected chi connectivity index (χ3v) is 5.07. The van der Waals surface area contributed by atoms with E-state index in [2.05, 4.69) is 15.0 Å². The Morgan fingerprint density at radius 2 is 2.04 bits per heavy atom. The number of nitrogens with zero attached hydrogens (tertiary/aromatic N) is 2. The Labute approximate surface area is 161 Å². The van der Waals surface area contributed by atoms with Gasteiger partial charge in [-0.05, 0) is 26.7 Å². The van der Waals surface area contributed by atoms with Crippen molar-refractivity contribution < 1.29 is 17.9 Å². The molecule has 1 unspecified atom stereocenters. The summed E-state index contributed by atoms with van der Waals surface area (Å²) in [4.78, 5) is 18.1. The monoisotopic (exact) mass is 476 g/mol. The Morgan fingerprint density at radius 3 is 2.62 bits per heavy atom. The minimum absolute atomic E-state index is 0. The number of hydrogen-bond acceptors (Lipinski definition) is 5. The van der Waals surface area contributed by atoms with Crippen LogP contribution in [0.25, 0.3) is 0 Å². The Kier molecular flexibility index (Phi) is 11.5. The minimum Gasteiger partial charge on any atom is -0.466 e. The van der Waals surface area contributed by atoms with Gasteiger partial charge in [-0.15, -0.1) is 24.0 Å². The lowest BCUT2D eigenvalue weighted by Gasteiger charge is -2.33. The van der Waals surface area contributed by atoms with Crippen molar-refractivity contribution in [2.75, 3.05) is 45.6 Å². The van der Waals surface area contributed by atoms with Gasteiger partial charge in [0, 0.05) is 33.2 Å². The number of rotatable bonds is 7. The van der Waals surface area contributed by atoms with E-state index in [1.54, 1.807) is 20.9 Å². The predicted octanol–water partition coefficient (Wildman–Crippen LogP) is 0.394. The van der Waals surface area contributed by atoms with Gasteiger partial charge in [-0.3, -0.25) is 9.79 Å². The third kappa shape index (κ3) is 7.97. The maximum Gasteiger partial charge on any atom is 0.310 e. The first-order valence-electron chi connectivity index (χ1n) is 8.03. The van der Waals surface area contributed by atoms with Crippen LogP contribution < -0.4 is 10.0 Å². The molecule has 10 heteroatoms. The molecule has 1 saturated heterocycles. The van der Waals surface area contributed by atoms with Crippen molar-refractivity contribution in [1.82, 2.24) is 14.9 Å². The molecule has 1 fully saturated rings. The number of aliphatic imine (C=N–C) groups is 1. The summed E-state index contributed by atoms with van der Waals surface area (Å²) in [7, 11) is -1.51. The molecule has 0 aromatic heterocycles. The normalized spacial score (nSPS) is 18.7. The first-order chi connectivity index (χ1) is 10.9. The van der Waals surface area contributed by atoms with Gasteiger partial charge in [-0.1, -0.05) is 0 Å². The topological polar surface area (TPSA) is 100 Å². The van der Waals surface area contributed by atoms with Crippen LogP contribution in [0.2, 0.25) is 0 Å². The Balaban J connectivity index is 0.00000529. The molecule has 0 aromatic carbocycles.